The van der Waals surface area contributed by atoms with Crippen molar-refractivity contribution in [1.82, 2.24) is 9.78 Å². The van der Waals surface area contributed by atoms with E-state index in [1.165, 1.54) is 25.3 Å². The Kier molecular flexibility index (Phi) is 18.9. The van der Waals surface area contributed by atoms with Gasteiger partial charge in [-0.2, -0.15) is 14.4 Å². The van der Waals surface area contributed by atoms with E-state index in [1.54, 1.807) is 6.92 Å². The van der Waals surface area contributed by atoms with Gasteiger partial charge in [0.1, 0.15) is 26.8 Å². The van der Waals surface area contributed by atoms with Gasteiger partial charge in [-0.15, -0.1) is 0 Å². The van der Waals surface area contributed by atoms with E-state index >= 15 is 0 Å². The molecule has 3 aromatic rings. The van der Waals surface area contributed by atoms with E-state index in [0.717, 1.165) is 48.2 Å². The zero-order chi connectivity index (χ0) is 35.4. The van der Waals surface area contributed by atoms with Crippen molar-refractivity contribution >= 4 is 61.6 Å². The second-order valence-corrected chi connectivity index (χ2v) is 12.8. The first-order valence-electron chi connectivity index (χ1n) is 12.8. The van der Waals surface area contributed by atoms with E-state index in [0.29, 0.717) is 10.6 Å². The summed E-state index contributed by atoms with van der Waals surface area (Å²) in [5.41, 5.74) is -1.67. The van der Waals surface area contributed by atoms with Crippen molar-refractivity contribution in [3.8, 4) is 5.69 Å². The predicted molar refractivity (Wildman–Crippen MR) is 157 cm³/mol. The average molecular weight is 795 g/mol. The minimum Gasteiger partial charge on any atom is -0.744 e. The van der Waals surface area contributed by atoms with Crippen molar-refractivity contribution in [3.05, 3.63) is 81.3 Å². The fraction of sp³-hybridized carbons (Fsp3) is 0.154. The van der Waals surface area contributed by atoms with Gasteiger partial charge in [0.05, 0.1) is 69.2 Å². The van der Waals surface area contributed by atoms with Crippen LogP contribution in [0.2, 0.25) is 0 Å². The number of hydrogen-bond acceptors (Lipinski definition) is 17. The van der Waals surface area contributed by atoms with E-state index in [2.05, 4.69) is 24.5 Å². The number of aromatic amines is 1. The molecule has 2 heterocycles. The Bertz CT molecular complexity index is 2150. The molecule has 0 saturated heterocycles. The van der Waals surface area contributed by atoms with Crippen LogP contribution in [0.25, 0.3) is 11.8 Å². The molecule has 1 aliphatic rings. The zero-order valence-electron chi connectivity index (χ0n) is 27.6. The number of aromatic nitrogens is 2. The van der Waals surface area contributed by atoms with Crippen molar-refractivity contribution in [2.24, 2.45) is 5.10 Å². The molecule has 256 valence electrons. The molecule has 0 unspecified atom stereocenters. The first-order chi connectivity index (χ1) is 22.6. The smallest absolute Gasteiger partial charge is 0.744 e. The summed E-state index contributed by atoms with van der Waals surface area (Å²) in [6, 6.07) is 6.07. The summed E-state index contributed by atoms with van der Waals surface area (Å²) in [6.45, 7) is 1.23. The predicted octanol–water partition coefficient (Wildman–Crippen LogP) is -8.88. The Morgan fingerprint density at radius 1 is 0.980 bits per heavy atom. The third-order valence-corrected chi connectivity index (χ3v) is 8.73. The standard InChI is InChI=1S/C26H24N4O15S3.3Na/c1-14-7-8-15(47(35,36)37)11-20(14)29-24(31)17(19(27-29)13-43-42-3)5-4-6-18-23(26(33)41-2)28-30(25(18)32)21-12-16(48(38,39)40)9-10-22(21)46-45-44-34;;;/h4-12,27,34H,13H2,1-3H3,(H,35,36,37)(H,38,39,40);;;/q;3*+1/p-3/b5-4+,18-6-;;;. The topological polar surface area (TPSA) is 271 Å². The third-order valence-electron chi connectivity index (χ3n) is 6.42. The summed E-state index contributed by atoms with van der Waals surface area (Å²) in [5.74, 6) is -2.14. The van der Waals surface area contributed by atoms with Crippen LogP contribution in [0.15, 0.2) is 78.7 Å². The van der Waals surface area contributed by atoms with Gasteiger partial charge >= 0.3 is 94.6 Å². The van der Waals surface area contributed by atoms with Crippen LogP contribution >= 0.6 is 12.0 Å². The molecule has 51 heavy (non-hydrogen) atoms. The number of carbonyl (C=O) groups is 2. The summed E-state index contributed by atoms with van der Waals surface area (Å²) >= 11 is 0.243. The molecule has 0 aliphatic carbocycles. The van der Waals surface area contributed by atoms with Gasteiger partial charge in [0.2, 0.25) is 0 Å². The number of H-pyrrole nitrogens is 1. The molecule has 1 N–H and O–H groups in total. The van der Waals surface area contributed by atoms with Crippen LogP contribution in [-0.4, -0.2) is 67.5 Å². The molecular weight excluding hydrogens is 773 g/mol. The van der Waals surface area contributed by atoms with Gasteiger partial charge in [-0.1, -0.05) is 12.1 Å². The van der Waals surface area contributed by atoms with Crippen molar-refractivity contribution in [3.63, 3.8) is 0 Å². The van der Waals surface area contributed by atoms with Crippen LogP contribution in [0.4, 0.5) is 5.69 Å². The van der Waals surface area contributed by atoms with Gasteiger partial charge in [-0.05, 0) is 55.0 Å². The van der Waals surface area contributed by atoms with E-state index in [1.807, 2.05) is 0 Å². The number of amides is 1. The molecule has 2 aromatic carbocycles. The maximum absolute atomic E-state index is 13.5. The zero-order valence-corrected chi connectivity index (χ0v) is 36.0. The number of benzene rings is 2. The Morgan fingerprint density at radius 2 is 1.59 bits per heavy atom. The van der Waals surface area contributed by atoms with Crippen LogP contribution in [0.3, 0.4) is 0 Å². The van der Waals surface area contributed by atoms with Crippen molar-refractivity contribution in [1.29, 1.82) is 0 Å². The van der Waals surface area contributed by atoms with Gasteiger partial charge in [0, 0.05) is 0 Å². The minimum atomic E-state index is -5.04. The molecule has 0 bridgehead atoms. The fourth-order valence-electron chi connectivity index (χ4n) is 4.21. The van der Waals surface area contributed by atoms with Crippen LogP contribution in [0, 0.1) is 6.92 Å². The summed E-state index contributed by atoms with van der Waals surface area (Å²) in [5, 5.41) is 20.9. The van der Waals surface area contributed by atoms with Crippen LogP contribution in [-0.2, 0) is 60.3 Å². The van der Waals surface area contributed by atoms with Crippen LogP contribution in [0.5, 0.6) is 0 Å². The van der Waals surface area contributed by atoms with Crippen LogP contribution in [0.1, 0.15) is 16.8 Å². The molecule has 0 fully saturated rings. The largest absolute Gasteiger partial charge is 1.00 e. The Hall–Kier alpha value is -1.49. The second kappa shape index (κ2) is 20.3. The second-order valence-electron chi connectivity index (χ2n) is 9.28. The van der Waals surface area contributed by atoms with Crippen molar-refractivity contribution in [2.75, 3.05) is 19.2 Å². The number of hydrazone groups is 1. The summed E-state index contributed by atoms with van der Waals surface area (Å²) < 4.78 is 79.8. The van der Waals surface area contributed by atoms with E-state index in [4.69, 9.17) is 9.62 Å². The Morgan fingerprint density at radius 3 is 2.16 bits per heavy atom. The molecule has 1 aromatic heterocycles. The fourth-order valence-corrected chi connectivity index (χ4v) is 5.64. The van der Waals surface area contributed by atoms with Gasteiger partial charge in [-0.25, -0.2) is 36.1 Å². The molecule has 4 rings (SSSR count). The molecule has 1 amide bonds. The Balaban J connectivity index is 0.00000433. The van der Waals surface area contributed by atoms with Gasteiger partial charge < -0.3 is 19.1 Å². The number of allylic oxidation sites excluding steroid dienone is 2. The maximum atomic E-state index is 13.5. The molecule has 19 nitrogen and oxygen atoms in total. The minimum absolute atomic E-state index is 0. The van der Waals surface area contributed by atoms with Crippen molar-refractivity contribution < 1.29 is 153 Å². The first kappa shape index (κ1) is 47.5. The number of nitrogens with zero attached hydrogens (tertiary/aromatic N) is 3. The van der Waals surface area contributed by atoms with Crippen LogP contribution < -0.4 is 104 Å². The number of rotatable bonds is 13. The van der Waals surface area contributed by atoms with Gasteiger partial charge in [0.25, 0.3) is 11.5 Å². The maximum Gasteiger partial charge on any atom is 1.00 e. The molecule has 0 radical (unpaired) electrons. The number of esters is 1. The summed E-state index contributed by atoms with van der Waals surface area (Å²) in [7, 11) is -7.71. The Labute approximate surface area is 360 Å². The molecule has 1 aliphatic heterocycles. The normalized spacial score (nSPS) is 13.8. The number of methoxy groups -OCH3 is 1. The number of nitrogens with one attached hydrogen (secondary N) is 1. The van der Waals surface area contributed by atoms with E-state index in [-0.39, 0.29) is 129 Å². The number of ether oxygens (including phenoxy) is 1. The number of carbonyl (C=O) groups excluding carboxylic acids is 2. The number of hydrogen-bond donors (Lipinski definition) is 1. The van der Waals surface area contributed by atoms with Crippen molar-refractivity contribution in [2.45, 2.75) is 28.2 Å². The first-order valence-corrected chi connectivity index (χ1v) is 16.4. The average Bonchev–Trinajstić information content (AvgIpc) is 3.53. The third kappa shape index (κ3) is 11.3. The number of anilines is 1. The molecule has 25 heteroatoms. The van der Waals surface area contributed by atoms with Gasteiger partial charge in [0.15, 0.2) is 5.71 Å². The van der Waals surface area contributed by atoms with E-state index in [9.17, 15) is 45.6 Å². The number of aryl methyl sites for hydroxylation is 1. The quantitative estimate of drug-likeness (QED) is 0.0320. The van der Waals surface area contributed by atoms with E-state index < -0.39 is 64.4 Å². The van der Waals surface area contributed by atoms with Gasteiger partial charge in [-0.3, -0.25) is 19.7 Å². The molecular formula is C26H21N4Na3O15S3. The monoisotopic (exact) mass is 794 g/mol. The summed E-state index contributed by atoms with van der Waals surface area (Å²) in [6.07, 6.45) is 3.45. The SMILES string of the molecule is COOCc1[nH]n(-c2cc(S(=O)(=O)[O-])ccc2C)c(=O)c1/C=C/C=C1\C(=O)N(c2cc(S(=O)(=O)[O-])ccc2SOO[O-])N=C1C(=O)OC.[Na+].[Na+].[Na+]. The molecule has 0 spiro atoms. The summed E-state index contributed by atoms with van der Waals surface area (Å²) in [4.78, 5) is 47.7. The molecule has 0 saturated carbocycles. The molecule has 0 atom stereocenters.